The Morgan fingerprint density at radius 2 is 1.13 bits per heavy atom. The van der Waals surface area contributed by atoms with Gasteiger partial charge in [0.1, 0.15) is 15.5 Å². The van der Waals surface area contributed by atoms with Gasteiger partial charge in [0.25, 0.3) is 20.2 Å². The molecule has 16 nitrogen and oxygen atoms in total. The van der Waals surface area contributed by atoms with E-state index in [4.69, 9.17) is 37.5 Å². The first kappa shape index (κ1) is 58.8. The van der Waals surface area contributed by atoms with E-state index in [0.29, 0.717) is 40.2 Å². The first-order valence-corrected chi connectivity index (χ1v) is 31.1. The van der Waals surface area contributed by atoms with Gasteiger partial charge in [0.05, 0.1) is 28.4 Å². The number of rotatable bonds is 8. The van der Waals surface area contributed by atoms with E-state index in [1.54, 1.807) is 28.4 Å². The number of fused-ring (bicyclic) bond motifs is 6. The van der Waals surface area contributed by atoms with Gasteiger partial charge in [-0.15, -0.1) is 0 Å². The number of hydrogen-bond acceptors (Lipinski definition) is 13. The fourth-order valence-electron chi connectivity index (χ4n) is 12.5. The van der Waals surface area contributed by atoms with Crippen LogP contribution in [0.3, 0.4) is 0 Å². The van der Waals surface area contributed by atoms with Crippen LogP contribution in [0.25, 0.3) is 21.7 Å². The highest BCUT2D eigenvalue weighted by Gasteiger charge is 2.35. The van der Waals surface area contributed by atoms with Crippen molar-refractivity contribution in [3.05, 3.63) is 202 Å². The minimum atomic E-state index is -4.47. The Morgan fingerprint density at radius 1 is 0.541 bits per heavy atom. The van der Waals surface area contributed by atoms with Gasteiger partial charge in [0.15, 0.2) is 34.5 Å². The predicted molar refractivity (Wildman–Crippen MR) is 329 cm³/mol. The van der Waals surface area contributed by atoms with Gasteiger partial charge in [0.2, 0.25) is 5.75 Å². The zero-order chi connectivity index (χ0) is 59.7. The molecule has 6 heterocycles. The summed E-state index contributed by atoms with van der Waals surface area (Å²) in [6.45, 7) is 5.05. The average molecular weight is 1190 g/mol. The highest BCUT2D eigenvalue weighted by molar-refractivity contribution is 7.86. The maximum atomic E-state index is 11.2. The third kappa shape index (κ3) is 12.2. The lowest BCUT2D eigenvalue weighted by Crippen LogP contribution is -2.34. The monoisotopic (exact) mass is 1190 g/mol. The van der Waals surface area contributed by atoms with Crippen LogP contribution < -0.4 is 28.4 Å². The molecule has 5 aliphatic heterocycles. The van der Waals surface area contributed by atoms with Crippen LogP contribution in [0.2, 0.25) is 0 Å². The fourth-order valence-corrected chi connectivity index (χ4v) is 13.9. The Hall–Kier alpha value is -7.94. The summed E-state index contributed by atoms with van der Waals surface area (Å²) in [6, 6.07) is 48.3. The van der Waals surface area contributed by atoms with Gasteiger partial charge >= 0.3 is 0 Å². The molecule has 0 amide bonds. The zero-order valence-electron chi connectivity index (χ0n) is 48.7. The van der Waals surface area contributed by atoms with Gasteiger partial charge in [0, 0.05) is 84.2 Å². The van der Waals surface area contributed by atoms with E-state index in [1.807, 2.05) is 18.2 Å². The molecule has 85 heavy (non-hydrogen) atoms. The Kier molecular flexibility index (Phi) is 17.0. The summed E-state index contributed by atoms with van der Waals surface area (Å²) in [4.78, 5) is 6.41. The van der Waals surface area contributed by atoms with Gasteiger partial charge in [-0.1, -0.05) is 91.0 Å². The van der Waals surface area contributed by atoms with Gasteiger partial charge in [-0.3, -0.25) is 18.9 Å². The van der Waals surface area contributed by atoms with Crippen LogP contribution in [0, 0.1) is 0 Å². The van der Waals surface area contributed by atoms with Gasteiger partial charge in [-0.05, 0) is 146 Å². The molecule has 0 saturated heterocycles. The minimum absolute atomic E-state index is 0.000437. The van der Waals surface area contributed by atoms with Gasteiger partial charge in [-0.2, -0.15) is 16.8 Å². The number of likely N-dealkylation sites (N-methyl/N-ethyl adjacent to an activating group) is 3. The highest BCUT2D eigenvalue weighted by Crippen LogP contribution is 2.52. The molecule has 0 fully saturated rings. The number of nitrogens with zero attached hydrogens (tertiary/aromatic N) is 4. The lowest BCUT2D eigenvalue weighted by Gasteiger charge is -2.37. The predicted octanol–water partition coefficient (Wildman–Crippen LogP) is 12.2. The van der Waals surface area contributed by atoms with Crippen molar-refractivity contribution in [1.82, 2.24) is 19.3 Å². The topological polar surface area (TPSA) is 179 Å². The fraction of sp³-hybridized carbons (Fsp3) is 0.284. The quantitative estimate of drug-likeness (QED) is 0.137. The first-order valence-electron chi connectivity index (χ1n) is 28.2. The number of ether oxygens (including phenoxy) is 6. The molecular weight excluding hydrogens is 1120 g/mol. The SMILES string of the molecule is CN1CCc2c(c3ccccc3n2Cc2ccccc2)C1.COc1ccc2cc1Oc1ccc(cc1)CC1c3cc(c(OC)cc3CCN1C)Oc1c(OC)c(OC)cc3c1C(C2)N(C)CC3.O=S(=O)(O)c1cccc2c(S(=O)(=O)O)cccc12. The molecule has 2 N–H and O–H groups in total. The van der Waals surface area contributed by atoms with Crippen LogP contribution in [0.5, 0.6) is 46.0 Å². The first-order chi connectivity index (χ1) is 40.9. The van der Waals surface area contributed by atoms with E-state index in [1.165, 1.54) is 74.2 Å². The van der Waals surface area contributed by atoms with Crippen LogP contribution in [0.15, 0.2) is 161 Å². The lowest BCUT2D eigenvalue weighted by atomic mass is 9.87. The molecule has 442 valence electrons. The van der Waals surface area contributed by atoms with E-state index < -0.39 is 30.0 Å². The molecule has 2 unspecified atom stereocenters. The normalized spacial score (nSPS) is 16.9. The number of aromatic nitrogens is 1. The molecule has 9 aromatic rings. The smallest absolute Gasteiger partial charge is 0.295 e. The van der Waals surface area contributed by atoms with Crippen LogP contribution in [-0.4, -0.2) is 114 Å². The third-order valence-corrected chi connectivity index (χ3v) is 18.6. The van der Waals surface area contributed by atoms with Crippen LogP contribution in [0.1, 0.15) is 62.3 Å². The maximum absolute atomic E-state index is 11.2. The molecule has 0 saturated carbocycles. The summed E-state index contributed by atoms with van der Waals surface area (Å²) in [7, 11) is 4.38. The Bertz CT molecular complexity index is 4100. The van der Waals surface area contributed by atoms with Crippen molar-refractivity contribution in [2.75, 3.05) is 69.2 Å². The van der Waals surface area contributed by atoms with Crippen molar-refractivity contribution in [1.29, 1.82) is 0 Å². The van der Waals surface area contributed by atoms with E-state index in [0.717, 1.165) is 93.8 Å². The Balaban J connectivity index is 0.000000158. The number of hydrogen-bond donors (Lipinski definition) is 2. The molecule has 8 aromatic carbocycles. The third-order valence-electron chi connectivity index (χ3n) is 16.8. The van der Waals surface area contributed by atoms with Crippen LogP contribution >= 0.6 is 0 Å². The molecule has 0 aliphatic carbocycles. The molecule has 18 heteroatoms. The maximum Gasteiger partial charge on any atom is 0.295 e. The number of para-hydroxylation sites is 1. The lowest BCUT2D eigenvalue weighted by molar-refractivity contribution is 0.220. The summed E-state index contributed by atoms with van der Waals surface area (Å²) in [5, 5.41) is 1.47. The molecule has 1 aromatic heterocycles. The molecular formula is C67H70N4O12S2. The van der Waals surface area contributed by atoms with Crippen molar-refractivity contribution in [3.63, 3.8) is 0 Å². The standard InChI is InChI=1S/C38H42N2O6.C19H20N2.C10H8O6S2/c1-39-15-13-25-20-32(42-4)34-22-28(25)29(39)17-23-7-10-27(11-8-23)45-33-19-24(9-12-31(33)41-3)18-30-36-26(14-16-40(30)2)21-35(43-5)37(44-6)38(36)46-34;1-20-12-11-19-17(14-20)16-9-5-6-10-18(16)21(19)13-15-7-3-2-4-8-15;11-17(12,13)9-5-1-3-7-8(9)4-2-6-10(7)18(14,15)16/h7-12,19-22,29-30H,13-18H2,1-6H3;2-10H,11-14H2,1H3;1-6H,(H,11,12,13)(H,14,15,16). The largest absolute Gasteiger partial charge is 0.493 e. The Morgan fingerprint density at radius 3 is 1.79 bits per heavy atom. The molecule has 6 bridgehead atoms. The van der Waals surface area contributed by atoms with Crippen molar-refractivity contribution in [2.24, 2.45) is 0 Å². The second-order valence-corrected chi connectivity index (χ2v) is 24.8. The van der Waals surface area contributed by atoms with Crippen molar-refractivity contribution < 1.29 is 54.4 Å². The molecule has 0 spiro atoms. The van der Waals surface area contributed by atoms with Crippen molar-refractivity contribution in [2.45, 2.75) is 67.1 Å². The number of methoxy groups -OCH3 is 4. The Labute approximate surface area is 497 Å². The van der Waals surface area contributed by atoms with E-state index in [9.17, 15) is 16.8 Å². The van der Waals surface area contributed by atoms with Gasteiger partial charge < -0.3 is 37.9 Å². The minimum Gasteiger partial charge on any atom is -0.493 e. The molecule has 0 radical (unpaired) electrons. The average Bonchev–Trinajstić information content (AvgIpc) is 3.00. The molecule has 2 atom stereocenters. The number of benzene rings is 8. The summed E-state index contributed by atoms with van der Waals surface area (Å²) in [5.41, 5.74) is 13.0. The van der Waals surface area contributed by atoms with Crippen LogP contribution in [0.4, 0.5) is 0 Å². The second-order valence-electron chi connectivity index (χ2n) is 22.0. The van der Waals surface area contributed by atoms with E-state index >= 15 is 0 Å². The van der Waals surface area contributed by atoms with E-state index in [2.05, 4.69) is 137 Å². The second kappa shape index (κ2) is 24.6. The summed E-state index contributed by atoms with van der Waals surface area (Å²) in [6.07, 6.45) is 4.52. The van der Waals surface area contributed by atoms with Gasteiger partial charge in [-0.25, -0.2) is 0 Å². The molecule has 14 rings (SSSR count). The summed E-state index contributed by atoms with van der Waals surface area (Å²) >= 11 is 0. The van der Waals surface area contributed by atoms with Crippen molar-refractivity contribution in [3.8, 4) is 46.0 Å². The van der Waals surface area contributed by atoms with Crippen molar-refractivity contribution >= 4 is 41.9 Å². The van der Waals surface area contributed by atoms with Crippen LogP contribution in [-0.2, 0) is 65.4 Å². The molecule has 5 aliphatic rings. The summed E-state index contributed by atoms with van der Waals surface area (Å²) in [5.74, 6) is 5.41. The zero-order valence-corrected chi connectivity index (χ0v) is 50.4. The summed E-state index contributed by atoms with van der Waals surface area (Å²) < 4.78 is 102. The highest BCUT2D eigenvalue weighted by atomic mass is 32.2. The van der Waals surface area contributed by atoms with E-state index in [-0.39, 0.29) is 22.9 Å².